The molecule has 1 aromatic heterocycles. The molecule has 0 spiro atoms. The maximum absolute atomic E-state index is 13.8. The van der Waals surface area contributed by atoms with Crippen LogP contribution in [0.15, 0.2) is 24.4 Å². The third kappa shape index (κ3) is 3.01. The zero-order chi connectivity index (χ0) is 14.5. The second kappa shape index (κ2) is 5.97. The number of benzene rings is 1. The highest BCUT2D eigenvalue weighted by Gasteiger charge is 2.10. The van der Waals surface area contributed by atoms with Gasteiger partial charge in [-0.05, 0) is 32.0 Å². The third-order valence-corrected chi connectivity index (χ3v) is 2.53. The Bertz CT molecular complexity index is 667. The summed E-state index contributed by atoms with van der Waals surface area (Å²) in [5.41, 5.74) is 0.929. The number of nitrogens with zero attached hydrogens (tertiary/aromatic N) is 3. The van der Waals surface area contributed by atoms with E-state index in [0.29, 0.717) is 18.1 Å². The minimum absolute atomic E-state index is 0.0215. The van der Waals surface area contributed by atoms with Gasteiger partial charge in [0.25, 0.3) is 0 Å². The Balaban J connectivity index is 2.30. The van der Waals surface area contributed by atoms with Crippen LogP contribution in [0.25, 0.3) is 0 Å². The van der Waals surface area contributed by atoms with Crippen LogP contribution in [0.2, 0.25) is 0 Å². The van der Waals surface area contributed by atoms with Gasteiger partial charge >= 0.3 is 0 Å². The second-order valence-electron chi connectivity index (χ2n) is 4.07. The number of rotatable bonds is 4. The lowest BCUT2D eigenvalue weighted by Crippen LogP contribution is -2.04. The summed E-state index contributed by atoms with van der Waals surface area (Å²) in [7, 11) is 0. The van der Waals surface area contributed by atoms with E-state index in [9.17, 15) is 4.39 Å². The van der Waals surface area contributed by atoms with Crippen molar-refractivity contribution in [1.82, 2.24) is 9.97 Å². The van der Waals surface area contributed by atoms with Gasteiger partial charge in [-0.1, -0.05) is 0 Å². The lowest BCUT2D eigenvalue weighted by molar-refractivity contribution is 0.424. The number of aromatic nitrogens is 2. The van der Waals surface area contributed by atoms with E-state index < -0.39 is 5.82 Å². The summed E-state index contributed by atoms with van der Waals surface area (Å²) in [6.45, 7) is 4.37. The Morgan fingerprint density at radius 2 is 2.25 bits per heavy atom. The minimum atomic E-state index is -0.605. The maximum Gasteiger partial charge on any atom is 0.227 e. The largest absolute Gasteiger partial charge is 0.435 e. The molecule has 0 fully saturated rings. The number of anilines is 1. The van der Waals surface area contributed by atoms with Crippen LogP contribution in [-0.4, -0.2) is 16.5 Å². The standard InChI is InChI=1S/C14H13FN4O/c1-3-17-14-18-8-9(2)13(19-14)20-12-5-4-10(7-16)6-11(12)15/h4-6,8H,3H2,1-2H3,(H,17,18,19). The van der Waals surface area contributed by atoms with Gasteiger partial charge in [0.1, 0.15) is 0 Å². The number of nitrogens with one attached hydrogen (secondary N) is 1. The van der Waals surface area contributed by atoms with E-state index in [-0.39, 0.29) is 17.2 Å². The summed E-state index contributed by atoms with van der Waals surface area (Å²) in [5, 5.41) is 11.7. The normalized spacial score (nSPS) is 9.90. The molecule has 0 saturated heterocycles. The van der Waals surface area contributed by atoms with Crippen molar-refractivity contribution in [3.8, 4) is 17.7 Å². The van der Waals surface area contributed by atoms with Crippen molar-refractivity contribution in [2.45, 2.75) is 13.8 Å². The van der Waals surface area contributed by atoms with E-state index in [1.807, 2.05) is 13.0 Å². The monoisotopic (exact) mass is 272 g/mol. The van der Waals surface area contributed by atoms with Crippen molar-refractivity contribution in [3.63, 3.8) is 0 Å². The first-order valence-electron chi connectivity index (χ1n) is 6.09. The molecule has 0 bridgehead atoms. The molecule has 0 aliphatic rings. The van der Waals surface area contributed by atoms with Gasteiger partial charge in [0.05, 0.1) is 11.6 Å². The van der Waals surface area contributed by atoms with Crippen LogP contribution >= 0.6 is 0 Å². The molecule has 0 unspecified atom stereocenters. The Morgan fingerprint density at radius 3 is 2.90 bits per heavy atom. The summed E-state index contributed by atoms with van der Waals surface area (Å²) in [6, 6.07) is 5.88. The molecule has 102 valence electrons. The highest BCUT2D eigenvalue weighted by atomic mass is 19.1. The van der Waals surface area contributed by atoms with Crippen molar-refractivity contribution in [3.05, 3.63) is 41.3 Å². The molecule has 0 radical (unpaired) electrons. The lowest BCUT2D eigenvalue weighted by atomic mass is 10.2. The minimum Gasteiger partial charge on any atom is -0.435 e. The average Bonchev–Trinajstić information content (AvgIpc) is 2.44. The highest BCUT2D eigenvalue weighted by Crippen LogP contribution is 2.26. The smallest absolute Gasteiger partial charge is 0.227 e. The third-order valence-electron chi connectivity index (χ3n) is 2.53. The van der Waals surface area contributed by atoms with Gasteiger partial charge in [0.2, 0.25) is 11.8 Å². The van der Waals surface area contributed by atoms with Crippen molar-refractivity contribution < 1.29 is 9.13 Å². The van der Waals surface area contributed by atoms with E-state index in [0.717, 1.165) is 6.07 Å². The summed E-state index contributed by atoms with van der Waals surface area (Å²) in [5.74, 6) is 0.113. The second-order valence-corrected chi connectivity index (χ2v) is 4.07. The highest BCUT2D eigenvalue weighted by molar-refractivity contribution is 5.40. The van der Waals surface area contributed by atoms with Gasteiger partial charge < -0.3 is 10.1 Å². The summed E-state index contributed by atoms with van der Waals surface area (Å²) >= 11 is 0. The molecule has 20 heavy (non-hydrogen) atoms. The fourth-order valence-corrected chi connectivity index (χ4v) is 1.53. The van der Waals surface area contributed by atoms with Crippen LogP contribution in [0.4, 0.5) is 10.3 Å². The molecular formula is C14H13FN4O. The first-order chi connectivity index (χ1) is 9.63. The first kappa shape index (κ1) is 13.7. The van der Waals surface area contributed by atoms with E-state index in [4.69, 9.17) is 10.00 Å². The number of aryl methyl sites for hydroxylation is 1. The Labute approximate surface area is 116 Å². The maximum atomic E-state index is 13.8. The Kier molecular flexibility index (Phi) is 4.11. The van der Waals surface area contributed by atoms with E-state index in [1.54, 1.807) is 13.1 Å². The molecule has 5 nitrogen and oxygen atoms in total. The fraction of sp³-hybridized carbons (Fsp3) is 0.214. The molecule has 1 aromatic carbocycles. The average molecular weight is 272 g/mol. The zero-order valence-corrected chi connectivity index (χ0v) is 11.1. The van der Waals surface area contributed by atoms with Gasteiger partial charge in [0.15, 0.2) is 11.6 Å². The van der Waals surface area contributed by atoms with Gasteiger partial charge in [-0.2, -0.15) is 10.2 Å². The van der Waals surface area contributed by atoms with E-state index >= 15 is 0 Å². The van der Waals surface area contributed by atoms with Crippen molar-refractivity contribution in [2.75, 3.05) is 11.9 Å². The number of hydrogen-bond donors (Lipinski definition) is 1. The summed E-state index contributed by atoms with van der Waals surface area (Å²) in [4.78, 5) is 8.25. The molecule has 0 aliphatic carbocycles. The molecule has 0 saturated carbocycles. The summed E-state index contributed by atoms with van der Waals surface area (Å²) in [6.07, 6.45) is 1.60. The zero-order valence-electron chi connectivity index (χ0n) is 11.1. The molecule has 1 N–H and O–H groups in total. The number of nitriles is 1. The van der Waals surface area contributed by atoms with Gasteiger partial charge in [-0.15, -0.1) is 0 Å². The lowest BCUT2D eigenvalue weighted by Gasteiger charge is -2.10. The Morgan fingerprint density at radius 1 is 1.45 bits per heavy atom. The van der Waals surface area contributed by atoms with Crippen LogP contribution in [0.1, 0.15) is 18.1 Å². The van der Waals surface area contributed by atoms with Gasteiger partial charge in [-0.3, -0.25) is 0 Å². The van der Waals surface area contributed by atoms with Gasteiger partial charge in [-0.25, -0.2) is 9.37 Å². The van der Waals surface area contributed by atoms with E-state index in [1.165, 1.54) is 12.1 Å². The molecule has 0 aliphatic heterocycles. The van der Waals surface area contributed by atoms with E-state index in [2.05, 4.69) is 15.3 Å². The van der Waals surface area contributed by atoms with Gasteiger partial charge in [0, 0.05) is 18.3 Å². The summed E-state index contributed by atoms with van der Waals surface area (Å²) < 4.78 is 19.2. The van der Waals surface area contributed by atoms with Crippen LogP contribution in [0, 0.1) is 24.1 Å². The molecule has 1 heterocycles. The molecule has 0 atom stereocenters. The van der Waals surface area contributed by atoms with Crippen LogP contribution < -0.4 is 10.1 Å². The molecular weight excluding hydrogens is 259 g/mol. The Hall–Kier alpha value is -2.68. The molecule has 2 rings (SSSR count). The number of halogens is 1. The molecule has 6 heteroatoms. The van der Waals surface area contributed by atoms with Crippen LogP contribution in [0.5, 0.6) is 11.6 Å². The van der Waals surface area contributed by atoms with Crippen LogP contribution in [0.3, 0.4) is 0 Å². The predicted molar refractivity (Wildman–Crippen MR) is 72.1 cm³/mol. The first-order valence-corrected chi connectivity index (χ1v) is 6.09. The number of ether oxygens (including phenoxy) is 1. The van der Waals surface area contributed by atoms with Crippen molar-refractivity contribution in [1.29, 1.82) is 5.26 Å². The molecule has 0 amide bonds. The fourth-order valence-electron chi connectivity index (χ4n) is 1.53. The topological polar surface area (TPSA) is 70.8 Å². The predicted octanol–water partition coefficient (Wildman–Crippen LogP) is 3.02. The van der Waals surface area contributed by atoms with Crippen LogP contribution in [-0.2, 0) is 0 Å². The quantitative estimate of drug-likeness (QED) is 0.926. The molecule has 2 aromatic rings. The van der Waals surface area contributed by atoms with Crippen molar-refractivity contribution >= 4 is 5.95 Å². The number of hydrogen-bond acceptors (Lipinski definition) is 5. The SMILES string of the molecule is CCNc1ncc(C)c(Oc2ccc(C#N)cc2F)n1. The van der Waals surface area contributed by atoms with Crippen molar-refractivity contribution in [2.24, 2.45) is 0 Å².